The first-order valence-electron chi connectivity index (χ1n) is 8.10. The summed E-state index contributed by atoms with van der Waals surface area (Å²) in [6.45, 7) is 9.19. The second-order valence-corrected chi connectivity index (χ2v) is 9.82. The minimum absolute atomic E-state index is 1.38. The molecule has 0 heterocycles. The Morgan fingerprint density at radius 1 is 0.478 bits per heavy atom. The second kappa shape index (κ2) is 6.30. The van der Waals surface area contributed by atoms with E-state index in [4.69, 9.17) is 0 Å². The average Bonchev–Trinajstić information content (AvgIpc) is 2.55. The standard InChI is InChI=1S/C22H24P/c1-17-11-5-8-14-20(17)23(4,21-15-9-6-12-18(21)2)22-16-10-7-13-19(22)3/h5-16H,1-4H3/q+1/i4-1. The van der Waals surface area contributed by atoms with Gasteiger partial charge in [0, 0.05) is 0 Å². The summed E-state index contributed by atoms with van der Waals surface area (Å²) in [6, 6.07) is 26.6. The van der Waals surface area contributed by atoms with Gasteiger partial charge in [-0.3, -0.25) is 0 Å². The van der Waals surface area contributed by atoms with E-state index < -0.39 is 7.26 Å². The molecule has 0 nitrogen and oxygen atoms in total. The third-order valence-electron chi connectivity index (χ3n) is 4.79. The lowest BCUT2D eigenvalue weighted by Gasteiger charge is -2.27. The molecule has 0 aliphatic carbocycles. The highest BCUT2D eigenvalue weighted by atomic mass is 31.2. The van der Waals surface area contributed by atoms with Crippen LogP contribution >= 0.6 is 7.26 Å². The molecule has 0 spiro atoms. The van der Waals surface area contributed by atoms with Crippen LogP contribution in [-0.2, 0) is 0 Å². The van der Waals surface area contributed by atoms with Crippen molar-refractivity contribution in [2.45, 2.75) is 20.8 Å². The lowest BCUT2D eigenvalue weighted by atomic mass is 10.2. The van der Waals surface area contributed by atoms with Gasteiger partial charge in [0.15, 0.2) is 0 Å². The maximum absolute atomic E-state index is 2.47. The van der Waals surface area contributed by atoms with Crippen molar-refractivity contribution in [2.75, 3.05) is 6.66 Å². The molecule has 0 saturated heterocycles. The summed E-state index contributed by atoms with van der Waals surface area (Å²) in [5.74, 6) is 0. The Bertz CT molecular complexity index is 722. The summed E-state index contributed by atoms with van der Waals surface area (Å²) in [7, 11) is -1.64. The predicted molar refractivity (Wildman–Crippen MR) is 105 cm³/mol. The Hall–Kier alpha value is -1.91. The second-order valence-electron chi connectivity index (χ2n) is 6.37. The summed E-state index contributed by atoms with van der Waals surface area (Å²) < 4.78 is 0. The molecule has 0 aliphatic heterocycles. The van der Waals surface area contributed by atoms with Gasteiger partial charge in [0.05, 0.1) is 6.66 Å². The van der Waals surface area contributed by atoms with Crippen LogP contribution < -0.4 is 15.9 Å². The zero-order valence-corrected chi connectivity index (χ0v) is 15.3. The molecule has 0 aliphatic rings. The van der Waals surface area contributed by atoms with Crippen molar-refractivity contribution in [3.8, 4) is 0 Å². The largest absolute Gasteiger partial charge is 0.110 e. The van der Waals surface area contributed by atoms with Crippen molar-refractivity contribution in [1.82, 2.24) is 0 Å². The summed E-state index contributed by atoms with van der Waals surface area (Å²) in [5.41, 5.74) is 4.15. The monoisotopic (exact) mass is 318 g/mol. The molecule has 0 saturated carbocycles. The molecule has 0 atom stereocenters. The normalized spacial score (nSPS) is 11.5. The number of benzene rings is 3. The van der Waals surface area contributed by atoms with Gasteiger partial charge in [0.25, 0.3) is 0 Å². The van der Waals surface area contributed by atoms with Gasteiger partial charge in [-0.25, -0.2) is 0 Å². The smallest absolute Gasteiger partial charge is 0.0617 e. The van der Waals surface area contributed by atoms with E-state index in [0.717, 1.165) is 0 Å². The van der Waals surface area contributed by atoms with E-state index in [1.807, 2.05) is 0 Å². The molecule has 0 fully saturated rings. The molecule has 23 heavy (non-hydrogen) atoms. The van der Waals surface area contributed by atoms with Crippen molar-refractivity contribution >= 4 is 23.2 Å². The van der Waals surface area contributed by atoms with Crippen LogP contribution in [-0.4, -0.2) is 6.66 Å². The first-order valence-corrected chi connectivity index (χ1v) is 10.3. The van der Waals surface area contributed by atoms with E-state index in [1.54, 1.807) is 0 Å². The Kier molecular flexibility index (Phi) is 4.37. The van der Waals surface area contributed by atoms with Crippen LogP contribution in [0, 0.1) is 20.8 Å². The molecule has 1 heteroatoms. The van der Waals surface area contributed by atoms with Crippen molar-refractivity contribution in [3.63, 3.8) is 0 Å². The zero-order valence-electron chi connectivity index (χ0n) is 14.4. The highest BCUT2D eigenvalue weighted by molar-refractivity contribution is 7.95. The number of hydrogen-bond donors (Lipinski definition) is 0. The molecule has 3 rings (SSSR count). The summed E-state index contributed by atoms with van der Waals surface area (Å²) >= 11 is 0. The Balaban J connectivity index is 2.38. The van der Waals surface area contributed by atoms with Crippen molar-refractivity contribution in [3.05, 3.63) is 89.5 Å². The lowest BCUT2D eigenvalue weighted by Crippen LogP contribution is -2.34. The molecule has 116 valence electrons. The molecule has 0 N–H and O–H groups in total. The Morgan fingerprint density at radius 2 is 0.739 bits per heavy atom. The van der Waals surface area contributed by atoms with E-state index in [-0.39, 0.29) is 0 Å². The maximum Gasteiger partial charge on any atom is 0.110 e. The fourth-order valence-electron chi connectivity index (χ4n) is 3.58. The van der Waals surface area contributed by atoms with Crippen LogP contribution in [0.1, 0.15) is 16.7 Å². The molecule has 0 aromatic heterocycles. The van der Waals surface area contributed by atoms with Crippen molar-refractivity contribution in [2.24, 2.45) is 0 Å². The molecular weight excluding hydrogens is 294 g/mol. The van der Waals surface area contributed by atoms with Gasteiger partial charge >= 0.3 is 0 Å². The SMILES string of the molecule is Cc1ccccc1[P+]([11CH3])(c1ccccc1C)c1ccccc1C. The zero-order chi connectivity index (χ0) is 16.4. The quantitative estimate of drug-likeness (QED) is 0.622. The average molecular weight is 318 g/mol. The van der Waals surface area contributed by atoms with Gasteiger partial charge in [0.2, 0.25) is 0 Å². The predicted octanol–water partition coefficient (Wildman–Crippen LogP) is 4.54. The fraction of sp³-hybridized carbons (Fsp3) is 0.182. The van der Waals surface area contributed by atoms with Crippen molar-refractivity contribution in [1.29, 1.82) is 0 Å². The summed E-state index contributed by atoms with van der Waals surface area (Å²) in [6.07, 6.45) is 0. The van der Waals surface area contributed by atoms with Crippen LogP contribution in [0.4, 0.5) is 0 Å². The molecule has 0 unspecified atom stereocenters. The van der Waals surface area contributed by atoms with Crippen LogP contribution in [0.2, 0.25) is 0 Å². The van der Waals surface area contributed by atoms with Crippen LogP contribution in [0.3, 0.4) is 0 Å². The molecular formula is C22H24P+. The highest BCUT2D eigenvalue weighted by Gasteiger charge is 2.43. The molecule has 0 radical (unpaired) electrons. The molecule has 3 aromatic rings. The van der Waals surface area contributed by atoms with Crippen LogP contribution in [0.5, 0.6) is 0 Å². The van der Waals surface area contributed by atoms with Gasteiger partial charge < -0.3 is 0 Å². The first-order chi connectivity index (χ1) is 11.0. The minimum Gasteiger partial charge on any atom is -0.0617 e. The topological polar surface area (TPSA) is 0 Å². The van der Waals surface area contributed by atoms with Gasteiger partial charge in [0.1, 0.15) is 23.2 Å². The van der Waals surface area contributed by atoms with Crippen LogP contribution in [0.15, 0.2) is 72.8 Å². The Morgan fingerprint density at radius 3 is 1.00 bits per heavy atom. The number of hydrogen-bond acceptors (Lipinski definition) is 0. The van der Waals surface area contributed by atoms with E-state index in [1.165, 1.54) is 32.6 Å². The van der Waals surface area contributed by atoms with E-state index in [2.05, 4.69) is 100 Å². The van der Waals surface area contributed by atoms with Gasteiger partial charge in [-0.1, -0.05) is 54.6 Å². The number of rotatable bonds is 3. The van der Waals surface area contributed by atoms with Gasteiger partial charge in [-0.05, 0) is 55.7 Å². The molecule has 0 bridgehead atoms. The van der Waals surface area contributed by atoms with Gasteiger partial charge in [-0.2, -0.15) is 0 Å². The third-order valence-corrected chi connectivity index (χ3v) is 9.19. The first kappa shape index (κ1) is 16.0. The van der Waals surface area contributed by atoms with E-state index in [0.29, 0.717) is 0 Å². The Labute approximate surface area is 140 Å². The van der Waals surface area contributed by atoms with Gasteiger partial charge in [-0.15, -0.1) is 0 Å². The molecule has 0 amide bonds. The third kappa shape index (κ3) is 2.73. The maximum atomic E-state index is 2.47. The minimum atomic E-state index is -1.64. The van der Waals surface area contributed by atoms with E-state index in [9.17, 15) is 0 Å². The summed E-state index contributed by atoms with van der Waals surface area (Å²) in [5, 5.41) is 4.47. The van der Waals surface area contributed by atoms with E-state index >= 15 is 0 Å². The number of aryl methyl sites for hydroxylation is 3. The van der Waals surface area contributed by atoms with Crippen LogP contribution in [0.25, 0.3) is 0 Å². The summed E-state index contributed by atoms with van der Waals surface area (Å²) in [4.78, 5) is 0. The lowest BCUT2D eigenvalue weighted by molar-refractivity contribution is 1.48. The highest BCUT2D eigenvalue weighted by Crippen LogP contribution is 2.53. The van der Waals surface area contributed by atoms with Crippen molar-refractivity contribution < 1.29 is 0 Å². The fourth-order valence-corrected chi connectivity index (χ4v) is 7.86. The molecule has 3 aromatic carbocycles.